The smallest absolute Gasteiger partial charge is 0.0423 e. The van der Waals surface area contributed by atoms with Crippen molar-refractivity contribution in [1.82, 2.24) is 5.32 Å². The van der Waals surface area contributed by atoms with Gasteiger partial charge in [-0.05, 0) is 55.2 Å². The van der Waals surface area contributed by atoms with E-state index in [9.17, 15) is 0 Å². The molecule has 1 N–H and O–H groups in total. The minimum atomic E-state index is 0.588. The van der Waals surface area contributed by atoms with E-state index in [4.69, 9.17) is 0 Å². The number of nitrogens with one attached hydrogen (secondary N) is 1. The monoisotopic (exact) mass is 348 g/mol. The average molecular weight is 349 g/mol. The quantitative estimate of drug-likeness (QED) is 0.745. The fourth-order valence-corrected chi connectivity index (χ4v) is 3.80. The average Bonchev–Trinajstić information content (AvgIpc) is 2.70. The maximum Gasteiger partial charge on any atom is 0.0423 e. The summed E-state index contributed by atoms with van der Waals surface area (Å²) >= 11 is 0. The molecule has 2 aliphatic rings. The SMILES string of the molecule is CC1CCN=C(c2ccccc2)C1.CC1CCNC(c2ccccc2)C1. The second-order valence-corrected chi connectivity index (χ2v) is 7.84. The third-order valence-electron chi connectivity index (χ3n) is 5.44. The van der Waals surface area contributed by atoms with Crippen LogP contribution in [0.1, 0.15) is 56.7 Å². The van der Waals surface area contributed by atoms with E-state index in [0.717, 1.165) is 24.8 Å². The highest BCUT2D eigenvalue weighted by molar-refractivity contribution is 6.00. The molecule has 0 aromatic heterocycles. The van der Waals surface area contributed by atoms with Crippen LogP contribution in [0.25, 0.3) is 0 Å². The molecule has 0 spiro atoms. The predicted octanol–water partition coefficient (Wildman–Crippen LogP) is 5.65. The number of aliphatic imine (C=N–C) groups is 1. The first-order valence-corrected chi connectivity index (χ1v) is 10.1. The van der Waals surface area contributed by atoms with E-state index in [0.29, 0.717) is 6.04 Å². The highest BCUT2D eigenvalue weighted by Crippen LogP contribution is 2.26. The van der Waals surface area contributed by atoms with Crippen LogP contribution in [0.2, 0.25) is 0 Å². The zero-order valence-electron chi connectivity index (χ0n) is 16.2. The molecule has 0 bridgehead atoms. The molecule has 2 heteroatoms. The van der Waals surface area contributed by atoms with Gasteiger partial charge in [-0.3, -0.25) is 4.99 Å². The molecule has 0 radical (unpaired) electrons. The van der Waals surface area contributed by atoms with Gasteiger partial charge in [-0.25, -0.2) is 0 Å². The Morgan fingerprint density at radius 3 is 2.19 bits per heavy atom. The van der Waals surface area contributed by atoms with Crippen LogP contribution in [0.3, 0.4) is 0 Å². The lowest BCUT2D eigenvalue weighted by Crippen LogP contribution is -2.30. The number of nitrogens with zero attached hydrogens (tertiary/aromatic N) is 1. The van der Waals surface area contributed by atoms with Gasteiger partial charge in [-0.1, -0.05) is 74.5 Å². The molecule has 0 saturated carbocycles. The largest absolute Gasteiger partial charge is 0.310 e. The van der Waals surface area contributed by atoms with Gasteiger partial charge < -0.3 is 5.32 Å². The van der Waals surface area contributed by atoms with E-state index in [1.54, 1.807) is 0 Å². The highest BCUT2D eigenvalue weighted by atomic mass is 14.9. The lowest BCUT2D eigenvalue weighted by molar-refractivity contribution is 0.325. The van der Waals surface area contributed by atoms with Crippen LogP contribution in [0, 0.1) is 11.8 Å². The number of rotatable bonds is 2. The van der Waals surface area contributed by atoms with Crippen molar-refractivity contribution < 1.29 is 0 Å². The molecule has 138 valence electrons. The predicted molar refractivity (Wildman–Crippen MR) is 112 cm³/mol. The van der Waals surface area contributed by atoms with Gasteiger partial charge in [0.05, 0.1) is 0 Å². The van der Waals surface area contributed by atoms with E-state index in [-0.39, 0.29) is 0 Å². The van der Waals surface area contributed by atoms with E-state index < -0.39 is 0 Å². The Kier molecular flexibility index (Phi) is 7.02. The minimum Gasteiger partial charge on any atom is -0.310 e. The number of hydrogen-bond donors (Lipinski definition) is 1. The molecule has 0 aliphatic carbocycles. The zero-order chi connectivity index (χ0) is 18.2. The molecule has 2 aliphatic heterocycles. The van der Waals surface area contributed by atoms with E-state index in [1.165, 1.54) is 42.6 Å². The van der Waals surface area contributed by atoms with E-state index in [1.807, 2.05) is 0 Å². The second kappa shape index (κ2) is 9.68. The van der Waals surface area contributed by atoms with Gasteiger partial charge in [-0.15, -0.1) is 0 Å². The lowest BCUT2D eigenvalue weighted by Gasteiger charge is -2.28. The number of hydrogen-bond acceptors (Lipinski definition) is 2. The lowest BCUT2D eigenvalue weighted by atomic mass is 9.90. The van der Waals surface area contributed by atoms with Crippen molar-refractivity contribution >= 4 is 5.71 Å². The van der Waals surface area contributed by atoms with E-state index >= 15 is 0 Å². The summed E-state index contributed by atoms with van der Waals surface area (Å²) in [6, 6.07) is 21.9. The van der Waals surface area contributed by atoms with Crippen LogP contribution in [-0.4, -0.2) is 18.8 Å². The molecule has 2 aromatic carbocycles. The van der Waals surface area contributed by atoms with E-state index in [2.05, 4.69) is 84.8 Å². The van der Waals surface area contributed by atoms with Crippen LogP contribution in [0.15, 0.2) is 65.7 Å². The summed E-state index contributed by atoms with van der Waals surface area (Å²) in [5, 5.41) is 3.57. The van der Waals surface area contributed by atoms with Crippen molar-refractivity contribution in [1.29, 1.82) is 0 Å². The summed E-state index contributed by atoms with van der Waals surface area (Å²) in [5.41, 5.74) is 4.03. The van der Waals surface area contributed by atoms with Gasteiger partial charge in [0.15, 0.2) is 0 Å². The third-order valence-corrected chi connectivity index (χ3v) is 5.44. The molecule has 2 aromatic rings. The van der Waals surface area contributed by atoms with Crippen molar-refractivity contribution in [2.75, 3.05) is 13.1 Å². The summed E-state index contributed by atoms with van der Waals surface area (Å²) < 4.78 is 0. The molecule has 0 amide bonds. The fraction of sp³-hybridized carbons (Fsp3) is 0.458. The highest BCUT2D eigenvalue weighted by Gasteiger charge is 2.18. The summed E-state index contributed by atoms with van der Waals surface area (Å²) in [5.74, 6) is 1.67. The van der Waals surface area contributed by atoms with Crippen molar-refractivity contribution in [2.24, 2.45) is 16.8 Å². The molecule has 3 atom stereocenters. The van der Waals surface area contributed by atoms with Crippen molar-refractivity contribution in [3.63, 3.8) is 0 Å². The molecule has 3 unspecified atom stereocenters. The molecule has 26 heavy (non-hydrogen) atoms. The van der Waals surface area contributed by atoms with Crippen LogP contribution < -0.4 is 5.32 Å². The Morgan fingerprint density at radius 2 is 1.54 bits per heavy atom. The van der Waals surface area contributed by atoms with Crippen LogP contribution in [0.4, 0.5) is 0 Å². The van der Waals surface area contributed by atoms with Gasteiger partial charge in [0, 0.05) is 18.3 Å². The normalized spacial score (nSPS) is 25.6. The molecule has 1 fully saturated rings. The zero-order valence-corrected chi connectivity index (χ0v) is 16.2. The summed E-state index contributed by atoms with van der Waals surface area (Å²) in [4.78, 5) is 4.57. The van der Waals surface area contributed by atoms with Crippen LogP contribution >= 0.6 is 0 Å². The number of piperidine rings is 1. The Bertz CT molecular complexity index is 678. The molecule has 2 heterocycles. The van der Waals surface area contributed by atoms with Crippen LogP contribution in [0.5, 0.6) is 0 Å². The maximum atomic E-state index is 4.57. The van der Waals surface area contributed by atoms with Crippen molar-refractivity contribution in [3.05, 3.63) is 71.8 Å². The fourth-order valence-electron chi connectivity index (χ4n) is 3.80. The Morgan fingerprint density at radius 1 is 0.846 bits per heavy atom. The first-order valence-electron chi connectivity index (χ1n) is 10.1. The summed E-state index contributed by atoms with van der Waals surface area (Å²) in [6.07, 6.45) is 4.99. The summed E-state index contributed by atoms with van der Waals surface area (Å²) in [7, 11) is 0. The topological polar surface area (TPSA) is 24.4 Å². The van der Waals surface area contributed by atoms with Gasteiger partial charge in [0.25, 0.3) is 0 Å². The first kappa shape index (κ1) is 18.8. The summed E-state index contributed by atoms with van der Waals surface area (Å²) in [6.45, 7) is 6.82. The third kappa shape index (κ3) is 5.54. The standard InChI is InChI=1S/C12H17N.C12H15N/c2*1-10-7-8-13-12(9-10)11-5-3-2-4-6-11/h2-6,10,12-13H,7-9H2,1H3;2-6,10H,7-9H2,1H3. The van der Waals surface area contributed by atoms with Gasteiger partial charge in [0.1, 0.15) is 0 Å². The Labute approximate surface area is 158 Å². The maximum absolute atomic E-state index is 4.57. The Balaban J connectivity index is 0.000000151. The first-order chi connectivity index (χ1) is 12.7. The Hall–Kier alpha value is -1.93. The molecular weight excluding hydrogens is 316 g/mol. The van der Waals surface area contributed by atoms with Gasteiger partial charge >= 0.3 is 0 Å². The molecule has 4 rings (SSSR count). The second-order valence-electron chi connectivity index (χ2n) is 7.84. The minimum absolute atomic E-state index is 0.588. The van der Waals surface area contributed by atoms with Crippen molar-refractivity contribution in [2.45, 2.75) is 45.6 Å². The van der Waals surface area contributed by atoms with Crippen molar-refractivity contribution in [3.8, 4) is 0 Å². The van der Waals surface area contributed by atoms with Gasteiger partial charge in [0.2, 0.25) is 0 Å². The van der Waals surface area contributed by atoms with Crippen LogP contribution in [-0.2, 0) is 0 Å². The molecule has 1 saturated heterocycles. The number of benzene rings is 2. The molecular formula is C24H32N2. The molecule has 2 nitrogen and oxygen atoms in total. The van der Waals surface area contributed by atoms with Gasteiger partial charge in [-0.2, -0.15) is 0 Å².